The molecular formula is C61H84Cl2N8O10. The first-order valence-corrected chi connectivity index (χ1v) is 28.1. The third-order valence-corrected chi connectivity index (χ3v) is 16.5. The zero-order valence-electron chi connectivity index (χ0n) is 48.4. The van der Waals surface area contributed by atoms with Crippen molar-refractivity contribution in [1.29, 1.82) is 0 Å². The monoisotopic (exact) mass is 1160 g/mol. The topological polar surface area (TPSA) is 253 Å². The van der Waals surface area contributed by atoms with Gasteiger partial charge in [-0.05, 0) is 142 Å². The normalized spacial score (nSPS) is 22.0. The van der Waals surface area contributed by atoms with Gasteiger partial charge in [-0.2, -0.15) is 0 Å². The summed E-state index contributed by atoms with van der Waals surface area (Å²) in [6.07, 6.45) is 4.69. The number of aryl methyl sites for hydroxylation is 2. The first-order chi connectivity index (χ1) is 37.3. The standard InChI is InChI=1S/C61H82N8O10.2ClH/c1-34(62-9)53(72)66-51(60(3,4)5)57(76)68-32-36(25-47(68)55(74)64-45-23-15-19-38-17-11-13-21-43(38)45)27-49(70)40-29-41(31-42(30-40)59(78)79)50(71)28-37-26-48(56(75)65-46-24-16-20-39-18-12-14-22-44(39)46)69(33-37)58(77)52(61(6,7)8)67-54(73)35(2)63-10;;/h11-14,17-18,21-22,29-31,34-37,45-48,51-52,62-63H,15-16,19-20,23-28,32-33H2,1-10H3,(H,64,74)(H,65,75)(H,66,72)(H,67,73)(H,78,79);2*1H/t34-,35-,36+,37+,45+,46+,47-,48-,51+,52+;;/m0../s1. The van der Waals surface area contributed by atoms with Gasteiger partial charge < -0.3 is 46.8 Å². The Kier molecular flexibility index (Phi) is 22.4. The molecule has 442 valence electrons. The number of Topliss-reactive ketones (excluding diaryl/α,β-unsaturated/α-hetero) is 2. The molecule has 3 aromatic carbocycles. The quantitative estimate of drug-likeness (QED) is 0.0638. The summed E-state index contributed by atoms with van der Waals surface area (Å²) < 4.78 is 0. The number of benzene rings is 3. The van der Waals surface area contributed by atoms with E-state index < -0.39 is 100 Å². The molecule has 0 saturated carbocycles. The number of likely N-dealkylation sites (tertiary alicyclic amines) is 2. The largest absolute Gasteiger partial charge is 0.478 e. The summed E-state index contributed by atoms with van der Waals surface area (Å²) in [6, 6.07) is 13.8. The van der Waals surface area contributed by atoms with Gasteiger partial charge in [0.25, 0.3) is 0 Å². The van der Waals surface area contributed by atoms with E-state index in [0.717, 1.165) is 47.9 Å². The van der Waals surface area contributed by atoms with E-state index >= 15 is 0 Å². The molecule has 81 heavy (non-hydrogen) atoms. The van der Waals surface area contributed by atoms with E-state index in [9.17, 15) is 48.3 Å². The Morgan fingerprint density at radius 2 is 0.926 bits per heavy atom. The molecule has 6 amide bonds. The molecule has 0 unspecified atom stereocenters. The van der Waals surface area contributed by atoms with Crippen LogP contribution in [0, 0.1) is 22.7 Å². The molecular weight excluding hydrogens is 1080 g/mol. The van der Waals surface area contributed by atoms with Crippen LogP contribution >= 0.6 is 24.8 Å². The van der Waals surface area contributed by atoms with E-state index in [2.05, 4.69) is 31.9 Å². The van der Waals surface area contributed by atoms with Crippen LogP contribution in [0.4, 0.5) is 0 Å². The van der Waals surface area contributed by atoms with E-state index in [0.29, 0.717) is 12.8 Å². The molecule has 0 aromatic heterocycles. The number of nitrogens with zero attached hydrogens (tertiary/aromatic N) is 2. The summed E-state index contributed by atoms with van der Waals surface area (Å²) in [7, 11) is 3.27. The van der Waals surface area contributed by atoms with E-state index in [1.54, 1.807) is 27.9 Å². The fourth-order valence-corrected chi connectivity index (χ4v) is 11.7. The number of amides is 6. The summed E-state index contributed by atoms with van der Waals surface area (Å²) in [6.45, 7) is 14.3. The van der Waals surface area contributed by atoms with E-state index in [4.69, 9.17) is 0 Å². The van der Waals surface area contributed by atoms with E-state index in [1.807, 2.05) is 90.1 Å². The molecule has 7 rings (SSSR count). The second-order valence-electron chi connectivity index (χ2n) is 24.5. The number of halogens is 2. The van der Waals surface area contributed by atoms with Crippen molar-refractivity contribution in [3.8, 4) is 0 Å². The first kappa shape index (κ1) is 65.6. The molecule has 7 N–H and O–H groups in total. The van der Waals surface area contributed by atoms with Gasteiger partial charge in [0, 0.05) is 37.1 Å². The van der Waals surface area contributed by atoms with Crippen molar-refractivity contribution in [3.63, 3.8) is 0 Å². The fourth-order valence-electron chi connectivity index (χ4n) is 11.7. The Morgan fingerprint density at radius 3 is 1.27 bits per heavy atom. The van der Waals surface area contributed by atoms with Gasteiger partial charge in [0.15, 0.2) is 11.6 Å². The van der Waals surface area contributed by atoms with Gasteiger partial charge in [-0.3, -0.25) is 38.4 Å². The molecule has 3 aromatic rings. The van der Waals surface area contributed by atoms with Gasteiger partial charge >= 0.3 is 5.97 Å². The van der Waals surface area contributed by atoms with Crippen molar-refractivity contribution in [2.45, 2.75) is 168 Å². The number of ketones is 2. The van der Waals surface area contributed by atoms with Crippen LogP contribution in [0.5, 0.6) is 0 Å². The average molecular weight is 1160 g/mol. The number of fused-ring (bicyclic) bond motifs is 2. The lowest BCUT2D eigenvalue weighted by molar-refractivity contribution is -0.144. The van der Waals surface area contributed by atoms with Gasteiger partial charge in [-0.25, -0.2) is 4.79 Å². The Bertz CT molecular complexity index is 2650. The van der Waals surface area contributed by atoms with Crippen LogP contribution in [0.3, 0.4) is 0 Å². The molecule has 2 saturated heterocycles. The Labute approximate surface area is 489 Å². The summed E-state index contributed by atoms with van der Waals surface area (Å²) in [4.78, 5) is 130. The zero-order chi connectivity index (χ0) is 57.7. The molecule has 0 radical (unpaired) electrons. The molecule has 4 aliphatic rings. The van der Waals surface area contributed by atoms with Gasteiger partial charge in [0.2, 0.25) is 35.4 Å². The van der Waals surface area contributed by atoms with Crippen LogP contribution in [0.1, 0.15) is 172 Å². The minimum Gasteiger partial charge on any atom is -0.478 e. The van der Waals surface area contributed by atoms with Crippen LogP contribution in [0.25, 0.3) is 0 Å². The van der Waals surface area contributed by atoms with Gasteiger partial charge in [0.1, 0.15) is 24.2 Å². The Morgan fingerprint density at radius 1 is 0.568 bits per heavy atom. The van der Waals surface area contributed by atoms with Crippen LogP contribution in [0.15, 0.2) is 66.7 Å². The number of carbonyl (C=O) groups excluding carboxylic acids is 8. The highest BCUT2D eigenvalue weighted by Crippen LogP contribution is 2.37. The maximum atomic E-state index is 14.8. The third kappa shape index (κ3) is 15.7. The van der Waals surface area contributed by atoms with Gasteiger partial charge in [-0.1, -0.05) is 90.1 Å². The van der Waals surface area contributed by atoms with E-state index in [1.165, 1.54) is 28.0 Å². The summed E-state index contributed by atoms with van der Waals surface area (Å²) in [5, 5.41) is 28.4. The van der Waals surface area contributed by atoms with Crippen molar-refractivity contribution in [2.75, 3.05) is 27.2 Å². The number of carbonyl (C=O) groups is 9. The van der Waals surface area contributed by atoms with E-state index in [-0.39, 0.29) is 104 Å². The van der Waals surface area contributed by atoms with Crippen LogP contribution < -0.4 is 31.9 Å². The number of aromatic carboxylic acids is 1. The van der Waals surface area contributed by atoms with Crippen LogP contribution in [-0.2, 0) is 41.6 Å². The molecule has 18 nitrogen and oxygen atoms in total. The lowest BCUT2D eigenvalue weighted by Crippen LogP contribution is -2.59. The first-order valence-electron chi connectivity index (χ1n) is 28.1. The smallest absolute Gasteiger partial charge is 0.335 e. The summed E-state index contributed by atoms with van der Waals surface area (Å²) in [5.41, 5.74) is 2.35. The number of rotatable bonds is 19. The Hall–Kier alpha value is -6.21. The molecule has 0 bridgehead atoms. The van der Waals surface area contributed by atoms with Crippen LogP contribution in [-0.4, -0.2) is 131 Å². The minimum atomic E-state index is -1.37. The molecule has 2 aliphatic heterocycles. The number of nitrogens with one attached hydrogen (secondary N) is 6. The van der Waals surface area contributed by atoms with Gasteiger partial charge in [0.05, 0.1) is 29.7 Å². The maximum absolute atomic E-state index is 14.8. The highest BCUT2D eigenvalue weighted by atomic mass is 35.5. The molecule has 10 atom stereocenters. The molecule has 20 heteroatoms. The number of likely N-dealkylation sites (N-methyl/N-ethyl adjacent to an activating group) is 2. The average Bonchev–Trinajstić information content (AvgIpc) is 4.25. The van der Waals surface area contributed by atoms with Crippen molar-refractivity contribution in [3.05, 3.63) is 106 Å². The molecule has 2 aliphatic carbocycles. The zero-order valence-corrected chi connectivity index (χ0v) is 50.1. The fraction of sp³-hybridized carbons (Fsp3) is 0.557. The molecule has 2 fully saturated rings. The second-order valence-corrected chi connectivity index (χ2v) is 24.5. The molecule has 0 spiro atoms. The minimum absolute atomic E-state index is 0. The lowest BCUT2D eigenvalue weighted by atomic mass is 9.85. The lowest BCUT2D eigenvalue weighted by Gasteiger charge is -2.36. The summed E-state index contributed by atoms with van der Waals surface area (Å²) in [5.74, 6) is -6.02. The highest BCUT2D eigenvalue weighted by molar-refractivity contribution is 6.05. The SMILES string of the molecule is CN[C@@H](C)C(=O)N[C@H](C(=O)N1C[C@@H](CC(=O)c2cc(C(=O)O)cc(C(=O)C[C@H]3C[C@@H](C(=O)N[C@@H]4CCCc5ccccc54)N(C(=O)[C@@H](NC(=O)[C@H](C)NC)C(C)(C)C)C3)c2)C[C@H]1C(=O)N[C@@H]1CCCc2ccccc21)C(C)(C)C.Cl.Cl. The third-order valence-electron chi connectivity index (χ3n) is 16.5. The second kappa shape index (κ2) is 27.7. The van der Waals surface area contributed by atoms with Crippen molar-refractivity contribution < 1.29 is 48.3 Å². The number of hydrogen-bond acceptors (Lipinski definition) is 11. The van der Waals surface area contributed by atoms with Crippen molar-refractivity contribution in [2.24, 2.45) is 22.7 Å². The number of carboxylic acids is 1. The molecule has 2 heterocycles. The van der Waals surface area contributed by atoms with Crippen LogP contribution in [0.2, 0.25) is 0 Å². The van der Waals surface area contributed by atoms with Crippen molar-refractivity contribution >= 4 is 77.8 Å². The van der Waals surface area contributed by atoms with Crippen molar-refractivity contribution in [1.82, 2.24) is 41.7 Å². The van der Waals surface area contributed by atoms with Gasteiger partial charge in [-0.15, -0.1) is 24.8 Å². The number of carboxylic acid groups (broad SMARTS) is 1. The Balaban J connectivity index is 0.00000602. The maximum Gasteiger partial charge on any atom is 0.335 e. The summed E-state index contributed by atoms with van der Waals surface area (Å²) >= 11 is 0. The predicted molar refractivity (Wildman–Crippen MR) is 313 cm³/mol. The number of hydrogen-bond donors (Lipinski definition) is 7. The predicted octanol–water partition coefficient (Wildman–Crippen LogP) is 6.47. The highest BCUT2D eigenvalue weighted by Gasteiger charge is 2.48.